The molecular formula is C13H15BrO4. The lowest BCUT2D eigenvalue weighted by molar-refractivity contribution is 0.0570. The molecule has 1 fully saturated rings. The lowest BCUT2D eigenvalue weighted by Gasteiger charge is -2.41. The summed E-state index contributed by atoms with van der Waals surface area (Å²) in [6.45, 7) is 0.119. The monoisotopic (exact) mass is 314 g/mol. The van der Waals surface area contributed by atoms with Gasteiger partial charge in [-0.3, -0.25) is 0 Å². The maximum absolute atomic E-state index is 11.2. The Balaban J connectivity index is 1.90. The summed E-state index contributed by atoms with van der Waals surface area (Å²) in [4.78, 5) is 11.2. The van der Waals surface area contributed by atoms with Gasteiger partial charge in [-0.05, 0) is 24.3 Å². The number of benzene rings is 1. The molecular weight excluding hydrogens is 300 g/mol. The van der Waals surface area contributed by atoms with Gasteiger partial charge in [0.1, 0.15) is 11.9 Å². The molecule has 0 unspecified atom stereocenters. The van der Waals surface area contributed by atoms with E-state index < -0.39 is 0 Å². The number of hydrogen-bond acceptors (Lipinski definition) is 4. The van der Waals surface area contributed by atoms with Crippen LogP contribution in [-0.4, -0.2) is 35.2 Å². The Bertz CT molecular complexity index is 423. The minimum atomic E-state index is -0.357. The number of hydrogen-bond donors (Lipinski definition) is 1. The summed E-state index contributed by atoms with van der Waals surface area (Å²) in [6, 6.07) is 6.85. The van der Waals surface area contributed by atoms with Gasteiger partial charge in [0.05, 0.1) is 23.6 Å². The fraction of sp³-hybridized carbons (Fsp3) is 0.462. The Kier molecular flexibility index (Phi) is 3.92. The van der Waals surface area contributed by atoms with Crippen LogP contribution >= 0.6 is 15.9 Å². The molecule has 0 aliphatic heterocycles. The summed E-state index contributed by atoms with van der Waals surface area (Å²) in [5, 5.41) is 9.10. The molecule has 1 aromatic carbocycles. The smallest absolute Gasteiger partial charge is 0.337 e. The second-order valence-electron chi connectivity index (χ2n) is 4.47. The number of rotatable bonds is 4. The molecule has 1 aliphatic rings. The number of carbonyl (C=O) groups excluding carboxylic acids is 1. The third-order valence-corrected chi connectivity index (χ3v) is 3.95. The van der Waals surface area contributed by atoms with Crippen molar-refractivity contribution >= 4 is 21.9 Å². The highest BCUT2D eigenvalue weighted by atomic mass is 79.9. The third kappa shape index (κ3) is 2.84. The van der Waals surface area contributed by atoms with Gasteiger partial charge in [0.25, 0.3) is 0 Å². The molecule has 1 saturated carbocycles. The molecule has 0 saturated heterocycles. The predicted octanol–water partition coefficient (Wildman–Crippen LogP) is 2.14. The normalized spacial score (nSPS) is 26.3. The molecule has 0 radical (unpaired) electrons. The van der Waals surface area contributed by atoms with E-state index in [9.17, 15) is 4.79 Å². The second kappa shape index (κ2) is 5.28. The first-order chi connectivity index (χ1) is 8.56. The van der Waals surface area contributed by atoms with Gasteiger partial charge in [0, 0.05) is 12.8 Å². The number of esters is 1. The van der Waals surface area contributed by atoms with Crippen molar-refractivity contribution in [3.05, 3.63) is 29.8 Å². The lowest BCUT2D eigenvalue weighted by Crippen LogP contribution is -2.47. The molecule has 1 aromatic rings. The maximum Gasteiger partial charge on any atom is 0.337 e. The minimum Gasteiger partial charge on any atom is -0.490 e. The fourth-order valence-corrected chi connectivity index (χ4v) is 2.67. The standard InChI is InChI=1S/C13H15BrO4/c1-17-12(16)9-2-4-10(5-3-9)18-11-6-13(14,7-11)8-15/h2-5,11,15H,6-8H2,1H3. The maximum atomic E-state index is 11.2. The highest BCUT2D eigenvalue weighted by molar-refractivity contribution is 9.10. The average Bonchev–Trinajstić information content (AvgIpc) is 2.36. The molecule has 0 spiro atoms. The number of alkyl halides is 1. The molecule has 1 N–H and O–H groups in total. The van der Waals surface area contributed by atoms with Crippen molar-refractivity contribution in [2.24, 2.45) is 0 Å². The topological polar surface area (TPSA) is 55.8 Å². The van der Waals surface area contributed by atoms with E-state index in [-0.39, 0.29) is 23.0 Å². The van der Waals surface area contributed by atoms with Gasteiger partial charge >= 0.3 is 5.97 Å². The zero-order valence-corrected chi connectivity index (χ0v) is 11.6. The van der Waals surface area contributed by atoms with E-state index in [1.54, 1.807) is 24.3 Å². The SMILES string of the molecule is COC(=O)c1ccc(OC2CC(Br)(CO)C2)cc1. The molecule has 18 heavy (non-hydrogen) atoms. The molecule has 0 atom stereocenters. The van der Waals surface area contributed by atoms with Crippen molar-refractivity contribution in [3.8, 4) is 5.75 Å². The molecule has 4 nitrogen and oxygen atoms in total. The first-order valence-corrected chi connectivity index (χ1v) is 6.50. The first-order valence-electron chi connectivity index (χ1n) is 5.71. The van der Waals surface area contributed by atoms with Gasteiger partial charge in [-0.2, -0.15) is 0 Å². The van der Waals surface area contributed by atoms with Crippen molar-refractivity contribution in [2.75, 3.05) is 13.7 Å². The van der Waals surface area contributed by atoms with Crippen LogP contribution in [-0.2, 0) is 4.74 Å². The van der Waals surface area contributed by atoms with Gasteiger partial charge in [-0.15, -0.1) is 0 Å². The van der Waals surface area contributed by atoms with E-state index in [4.69, 9.17) is 9.84 Å². The van der Waals surface area contributed by atoms with Crippen LogP contribution in [0.15, 0.2) is 24.3 Å². The van der Waals surface area contributed by atoms with E-state index >= 15 is 0 Å². The molecule has 2 rings (SSSR count). The number of aliphatic hydroxyl groups is 1. The number of methoxy groups -OCH3 is 1. The van der Waals surface area contributed by atoms with Crippen LogP contribution in [0.3, 0.4) is 0 Å². The number of halogens is 1. The van der Waals surface area contributed by atoms with Crippen LogP contribution in [0.1, 0.15) is 23.2 Å². The Morgan fingerprint density at radius 2 is 2.06 bits per heavy atom. The van der Waals surface area contributed by atoms with Gasteiger partial charge in [0.15, 0.2) is 0 Å². The van der Waals surface area contributed by atoms with Crippen LogP contribution in [0.4, 0.5) is 0 Å². The lowest BCUT2D eigenvalue weighted by atomic mass is 9.82. The Hall–Kier alpha value is -1.07. The largest absolute Gasteiger partial charge is 0.490 e. The zero-order chi connectivity index (χ0) is 13.2. The Morgan fingerprint density at radius 3 is 2.56 bits per heavy atom. The summed E-state index contributed by atoms with van der Waals surface area (Å²) in [7, 11) is 1.35. The summed E-state index contributed by atoms with van der Waals surface area (Å²) in [5.74, 6) is 0.366. The quantitative estimate of drug-likeness (QED) is 0.683. The third-order valence-electron chi connectivity index (χ3n) is 3.05. The molecule has 1 aliphatic carbocycles. The van der Waals surface area contributed by atoms with E-state index in [1.807, 2.05) is 0 Å². The second-order valence-corrected chi connectivity index (χ2v) is 6.16. The predicted molar refractivity (Wildman–Crippen MR) is 70.2 cm³/mol. The number of ether oxygens (including phenoxy) is 2. The van der Waals surface area contributed by atoms with Gasteiger partial charge in [-0.25, -0.2) is 4.79 Å². The Morgan fingerprint density at radius 1 is 1.44 bits per heavy atom. The average molecular weight is 315 g/mol. The minimum absolute atomic E-state index is 0.112. The molecule has 0 aromatic heterocycles. The zero-order valence-electron chi connectivity index (χ0n) is 10.1. The number of aliphatic hydroxyl groups excluding tert-OH is 1. The summed E-state index contributed by atoms with van der Waals surface area (Å²) < 4.78 is 10.2. The number of carbonyl (C=O) groups is 1. The summed E-state index contributed by atoms with van der Waals surface area (Å²) in [6.07, 6.45) is 1.67. The molecule has 5 heteroatoms. The van der Waals surface area contributed by atoms with E-state index in [0.29, 0.717) is 5.56 Å². The fourth-order valence-electron chi connectivity index (χ4n) is 1.95. The molecule has 98 valence electrons. The van der Waals surface area contributed by atoms with E-state index in [2.05, 4.69) is 20.7 Å². The van der Waals surface area contributed by atoms with Crippen molar-refractivity contribution in [1.29, 1.82) is 0 Å². The van der Waals surface area contributed by atoms with E-state index in [1.165, 1.54) is 7.11 Å². The van der Waals surface area contributed by atoms with Crippen molar-refractivity contribution in [2.45, 2.75) is 23.3 Å². The van der Waals surface area contributed by atoms with E-state index in [0.717, 1.165) is 18.6 Å². The molecule has 0 heterocycles. The highest BCUT2D eigenvalue weighted by Gasteiger charge is 2.43. The van der Waals surface area contributed by atoms with Gasteiger partial charge < -0.3 is 14.6 Å². The summed E-state index contributed by atoms with van der Waals surface area (Å²) >= 11 is 3.47. The van der Waals surface area contributed by atoms with Crippen molar-refractivity contribution in [1.82, 2.24) is 0 Å². The first kappa shape index (κ1) is 13.4. The van der Waals surface area contributed by atoms with Gasteiger partial charge in [0.2, 0.25) is 0 Å². The van der Waals surface area contributed by atoms with Crippen molar-refractivity contribution in [3.63, 3.8) is 0 Å². The highest BCUT2D eigenvalue weighted by Crippen LogP contribution is 2.41. The van der Waals surface area contributed by atoms with Crippen molar-refractivity contribution < 1.29 is 19.4 Å². The van der Waals surface area contributed by atoms with Crippen LogP contribution in [0, 0.1) is 0 Å². The van der Waals surface area contributed by atoms with Crippen LogP contribution in [0.2, 0.25) is 0 Å². The van der Waals surface area contributed by atoms with Crippen LogP contribution < -0.4 is 4.74 Å². The van der Waals surface area contributed by atoms with Crippen LogP contribution in [0.5, 0.6) is 5.75 Å². The molecule has 0 bridgehead atoms. The summed E-state index contributed by atoms with van der Waals surface area (Å²) in [5.41, 5.74) is 0.503. The van der Waals surface area contributed by atoms with Crippen LogP contribution in [0.25, 0.3) is 0 Å². The van der Waals surface area contributed by atoms with Gasteiger partial charge in [-0.1, -0.05) is 15.9 Å². The Labute approximate surface area is 114 Å². The molecule has 0 amide bonds.